The monoisotopic (exact) mass is 427 g/mol. The molecule has 152 valence electrons. The summed E-state index contributed by atoms with van der Waals surface area (Å²) in [5.41, 5.74) is 2.75. The molecular formula is C23H25NO3S2. The predicted molar refractivity (Wildman–Crippen MR) is 118 cm³/mol. The molecule has 0 radical (unpaired) electrons. The van der Waals surface area contributed by atoms with Gasteiger partial charge in [0, 0.05) is 16.7 Å². The number of thiophene rings is 1. The Kier molecular flexibility index (Phi) is 6.87. The van der Waals surface area contributed by atoms with Crippen molar-refractivity contribution in [2.75, 3.05) is 6.26 Å². The molecule has 6 heteroatoms. The smallest absolute Gasteiger partial charge is 0.252 e. The first-order valence-electron chi connectivity index (χ1n) is 9.61. The van der Waals surface area contributed by atoms with Crippen LogP contribution in [0.1, 0.15) is 52.2 Å². The molecule has 1 unspecified atom stereocenters. The van der Waals surface area contributed by atoms with Gasteiger partial charge in [0.2, 0.25) is 0 Å². The van der Waals surface area contributed by atoms with Gasteiger partial charge < -0.3 is 5.32 Å². The lowest BCUT2D eigenvalue weighted by Crippen LogP contribution is -2.28. The Morgan fingerprint density at radius 2 is 1.72 bits per heavy atom. The summed E-state index contributed by atoms with van der Waals surface area (Å²) in [5.74, 6) is -0.237. The Hall–Kier alpha value is -2.44. The van der Waals surface area contributed by atoms with Gasteiger partial charge in [-0.05, 0) is 59.7 Å². The summed E-state index contributed by atoms with van der Waals surface area (Å²) in [6.07, 6.45) is 4.53. The minimum absolute atomic E-state index is 0.200. The van der Waals surface area contributed by atoms with Gasteiger partial charge in [-0.3, -0.25) is 4.79 Å². The van der Waals surface area contributed by atoms with Crippen LogP contribution in [0.4, 0.5) is 0 Å². The molecule has 4 nitrogen and oxygen atoms in total. The van der Waals surface area contributed by atoms with Crippen molar-refractivity contribution >= 4 is 27.1 Å². The van der Waals surface area contributed by atoms with Crippen LogP contribution in [-0.4, -0.2) is 20.6 Å². The minimum Gasteiger partial charge on any atom is -0.340 e. The normalized spacial score (nSPS) is 12.5. The molecule has 2 aromatic carbocycles. The summed E-state index contributed by atoms with van der Waals surface area (Å²) in [4.78, 5) is 14.1. The van der Waals surface area contributed by atoms with Crippen LogP contribution in [0, 0.1) is 0 Å². The van der Waals surface area contributed by atoms with E-state index in [0.717, 1.165) is 36.0 Å². The summed E-state index contributed by atoms with van der Waals surface area (Å²) in [7, 11) is -3.29. The third kappa shape index (κ3) is 5.55. The summed E-state index contributed by atoms with van der Waals surface area (Å²) in [6.45, 7) is 2.18. The number of aryl methyl sites for hydroxylation is 1. The van der Waals surface area contributed by atoms with Crippen LogP contribution in [0.15, 0.2) is 70.9 Å². The molecular weight excluding hydrogens is 402 g/mol. The number of carbonyl (C=O) groups is 1. The fourth-order valence-corrected chi connectivity index (χ4v) is 4.53. The van der Waals surface area contributed by atoms with Gasteiger partial charge in [-0.15, -0.1) is 11.3 Å². The van der Waals surface area contributed by atoms with E-state index in [0.29, 0.717) is 5.56 Å². The topological polar surface area (TPSA) is 63.2 Å². The molecule has 1 aromatic heterocycles. The maximum absolute atomic E-state index is 12.8. The number of hydrogen-bond donors (Lipinski definition) is 1. The molecule has 3 rings (SSSR count). The summed E-state index contributed by atoms with van der Waals surface area (Å²) >= 11 is 1.59. The van der Waals surface area contributed by atoms with Crippen molar-refractivity contribution in [2.24, 2.45) is 0 Å². The zero-order valence-electron chi connectivity index (χ0n) is 16.6. The van der Waals surface area contributed by atoms with E-state index in [1.165, 1.54) is 17.7 Å². The molecule has 0 aliphatic heterocycles. The average molecular weight is 428 g/mol. The molecule has 0 aliphatic rings. The van der Waals surface area contributed by atoms with Crippen molar-refractivity contribution in [1.29, 1.82) is 0 Å². The Labute approximate surface area is 176 Å². The molecule has 29 heavy (non-hydrogen) atoms. The van der Waals surface area contributed by atoms with E-state index < -0.39 is 9.84 Å². The first-order valence-corrected chi connectivity index (χ1v) is 12.4. The van der Waals surface area contributed by atoms with Gasteiger partial charge in [0.15, 0.2) is 9.84 Å². The van der Waals surface area contributed by atoms with Crippen LogP contribution < -0.4 is 5.32 Å². The minimum atomic E-state index is -3.29. The van der Waals surface area contributed by atoms with Crippen LogP contribution in [0.25, 0.3) is 0 Å². The number of unbranched alkanes of at least 4 members (excludes halogenated alkanes) is 1. The average Bonchev–Trinajstić information content (AvgIpc) is 3.25. The summed E-state index contributed by atoms with van der Waals surface area (Å²) in [6, 6.07) is 18.1. The quantitative estimate of drug-likeness (QED) is 0.549. The maximum atomic E-state index is 12.8. The highest BCUT2D eigenvalue weighted by Crippen LogP contribution is 2.27. The molecule has 1 amide bonds. The van der Waals surface area contributed by atoms with Crippen LogP contribution in [0.2, 0.25) is 0 Å². The largest absolute Gasteiger partial charge is 0.340 e. The Bertz CT molecular complexity index is 1040. The second kappa shape index (κ2) is 9.37. The third-order valence-corrected chi connectivity index (χ3v) is 6.85. The van der Waals surface area contributed by atoms with Crippen molar-refractivity contribution in [3.05, 3.63) is 87.6 Å². The third-order valence-electron chi connectivity index (χ3n) is 4.78. The highest BCUT2D eigenvalue weighted by atomic mass is 32.2. The van der Waals surface area contributed by atoms with Gasteiger partial charge in [-0.1, -0.05) is 43.7 Å². The molecule has 1 N–H and O–H groups in total. The standard InChI is InChI=1S/C23H25NO3S2/c1-3-4-6-17-8-10-18(11-9-17)22(21-7-5-16-28-21)24-23(25)19-12-14-20(15-13-19)29(2,26)27/h5,7-16,22H,3-4,6H2,1-2H3,(H,24,25). The Morgan fingerprint density at radius 1 is 1.03 bits per heavy atom. The highest BCUT2D eigenvalue weighted by molar-refractivity contribution is 7.90. The van der Waals surface area contributed by atoms with Crippen molar-refractivity contribution in [1.82, 2.24) is 5.32 Å². The van der Waals surface area contributed by atoms with Crippen molar-refractivity contribution < 1.29 is 13.2 Å². The van der Waals surface area contributed by atoms with Gasteiger partial charge in [-0.25, -0.2) is 8.42 Å². The van der Waals surface area contributed by atoms with E-state index in [4.69, 9.17) is 0 Å². The molecule has 0 saturated heterocycles. The number of nitrogens with one attached hydrogen (secondary N) is 1. The molecule has 0 bridgehead atoms. The molecule has 0 spiro atoms. The first-order chi connectivity index (χ1) is 13.9. The summed E-state index contributed by atoms with van der Waals surface area (Å²) in [5, 5.41) is 5.09. The predicted octanol–water partition coefficient (Wildman–Crippen LogP) is 5.01. The molecule has 1 heterocycles. The number of carbonyl (C=O) groups excluding carboxylic acids is 1. The lowest BCUT2D eigenvalue weighted by Gasteiger charge is -2.19. The van der Waals surface area contributed by atoms with Crippen LogP contribution >= 0.6 is 11.3 Å². The Balaban J connectivity index is 1.82. The van der Waals surface area contributed by atoms with Gasteiger partial charge in [0.1, 0.15) is 0 Å². The van der Waals surface area contributed by atoms with Gasteiger partial charge in [0.25, 0.3) is 5.91 Å². The van der Waals surface area contributed by atoms with Crippen LogP contribution in [0.3, 0.4) is 0 Å². The molecule has 3 aromatic rings. The number of amides is 1. The fraction of sp³-hybridized carbons (Fsp3) is 0.261. The van der Waals surface area contributed by atoms with Gasteiger partial charge in [0.05, 0.1) is 10.9 Å². The SMILES string of the molecule is CCCCc1ccc(C(NC(=O)c2ccc(S(C)(=O)=O)cc2)c2cccs2)cc1. The summed E-state index contributed by atoms with van der Waals surface area (Å²) < 4.78 is 23.3. The van der Waals surface area contributed by atoms with Gasteiger partial charge in [-0.2, -0.15) is 0 Å². The highest BCUT2D eigenvalue weighted by Gasteiger charge is 2.19. The van der Waals surface area contributed by atoms with Crippen molar-refractivity contribution in [2.45, 2.75) is 37.1 Å². The van der Waals surface area contributed by atoms with Crippen molar-refractivity contribution in [3.8, 4) is 0 Å². The molecule has 0 saturated carbocycles. The lowest BCUT2D eigenvalue weighted by atomic mass is 10.0. The molecule has 1 atom stereocenters. The zero-order chi connectivity index (χ0) is 20.9. The maximum Gasteiger partial charge on any atom is 0.252 e. The van der Waals surface area contributed by atoms with Crippen LogP contribution in [-0.2, 0) is 16.3 Å². The number of sulfone groups is 1. The van der Waals surface area contributed by atoms with E-state index in [2.05, 4.69) is 36.5 Å². The second-order valence-corrected chi connectivity index (χ2v) is 10.1. The first kappa shape index (κ1) is 21.3. The van der Waals surface area contributed by atoms with E-state index >= 15 is 0 Å². The van der Waals surface area contributed by atoms with E-state index in [9.17, 15) is 13.2 Å². The van der Waals surface area contributed by atoms with E-state index in [1.807, 2.05) is 17.5 Å². The fourth-order valence-electron chi connectivity index (χ4n) is 3.10. The van der Waals surface area contributed by atoms with Crippen molar-refractivity contribution in [3.63, 3.8) is 0 Å². The van der Waals surface area contributed by atoms with E-state index in [-0.39, 0.29) is 16.8 Å². The zero-order valence-corrected chi connectivity index (χ0v) is 18.2. The number of hydrogen-bond acceptors (Lipinski definition) is 4. The van der Waals surface area contributed by atoms with Gasteiger partial charge >= 0.3 is 0 Å². The van der Waals surface area contributed by atoms with Crippen LogP contribution in [0.5, 0.6) is 0 Å². The Morgan fingerprint density at radius 3 is 2.28 bits per heavy atom. The lowest BCUT2D eigenvalue weighted by molar-refractivity contribution is 0.0943. The molecule has 0 fully saturated rings. The number of benzene rings is 2. The number of rotatable bonds is 8. The molecule has 0 aliphatic carbocycles. The second-order valence-electron chi connectivity index (χ2n) is 7.06. The van der Waals surface area contributed by atoms with E-state index in [1.54, 1.807) is 23.5 Å².